The molecule has 2 aromatic heterocycles. The van der Waals surface area contributed by atoms with Gasteiger partial charge < -0.3 is 0 Å². The molecule has 7 nitrogen and oxygen atoms in total. The molecular weight excluding hydrogens is 294 g/mol. The van der Waals surface area contributed by atoms with Gasteiger partial charge in [-0.05, 0) is 37.1 Å². The summed E-state index contributed by atoms with van der Waals surface area (Å²) in [5, 5.41) is 9.40. The number of hydrogen-bond donors (Lipinski definition) is 0. The average Bonchev–Trinajstić information content (AvgIpc) is 2.91. The minimum Gasteiger partial charge on any atom is -0.283 e. The molecule has 0 amide bonds. The molecule has 0 unspecified atom stereocenters. The first-order valence-corrected chi connectivity index (χ1v) is 7.01. The van der Waals surface area contributed by atoms with Gasteiger partial charge in [-0.3, -0.25) is 18.5 Å². The van der Waals surface area contributed by atoms with Gasteiger partial charge >= 0.3 is 5.69 Å². The lowest BCUT2D eigenvalue weighted by Gasteiger charge is -2.13. The van der Waals surface area contributed by atoms with Gasteiger partial charge in [-0.2, -0.15) is 5.26 Å². The van der Waals surface area contributed by atoms with E-state index in [0.29, 0.717) is 0 Å². The van der Waals surface area contributed by atoms with E-state index < -0.39 is 11.2 Å². The smallest absolute Gasteiger partial charge is 0.283 e. The van der Waals surface area contributed by atoms with Crippen molar-refractivity contribution in [2.75, 3.05) is 0 Å². The van der Waals surface area contributed by atoms with Gasteiger partial charge in [0.05, 0.1) is 11.0 Å². The van der Waals surface area contributed by atoms with E-state index in [9.17, 15) is 14.9 Å². The van der Waals surface area contributed by atoms with Gasteiger partial charge in [0.15, 0.2) is 5.56 Å². The molecule has 23 heavy (non-hydrogen) atoms. The Hall–Kier alpha value is -3.14. The largest absolute Gasteiger partial charge is 0.332 e. The Labute approximate surface area is 131 Å². The van der Waals surface area contributed by atoms with Crippen LogP contribution in [0.3, 0.4) is 0 Å². The summed E-state index contributed by atoms with van der Waals surface area (Å²) in [5.41, 5.74) is 2.45. The normalized spacial score (nSPS) is 10.9. The van der Waals surface area contributed by atoms with E-state index in [0.717, 1.165) is 26.7 Å². The van der Waals surface area contributed by atoms with Crippen LogP contribution in [0.5, 0.6) is 0 Å². The van der Waals surface area contributed by atoms with Gasteiger partial charge in [-0.25, -0.2) is 9.78 Å². The lowest BCUT2D eigenvalue weighted by Crippen LogP contribution is -2.40. The molecule has 0 spiro atoms. The van der Waals surface area contributed by atoms with Crippen LogP contribution in [-0.4, -0.2) is 18.7 Å². The molecule has 116 valence electrons. The van der Waals surface area contributed by atoms with Crippen molar-refractivity contribution < 1.29 is 0 Å². The molecule has 0 aliphatic rings. The number of nitriles is 1. The van der Waals surface area contributed by atoms with E-state index >= 15 is 0 Å². The molecule has 0 aliphatic heterocycles. The van der Waals surface area contributed by atoms with Crippen molar-refractivity contribution >= 4 is 11.0 Å². The Kier molecular flexibility index (Phi) is 3.18. The van der Waals surface area contributed by atoms with Gasteiger partial charge in [0.25, 0.3) is 5.56 Å². The minimum atomic E-state index is -0.615. The lowest BCUT2D eigenvalue weighted by molar-refractivity contribution is 0.663. The Morgan fingerprint density at radius 3 is 2.39 bits per heavy atom. The molecule has 0 saturated carbocycles. The third-order valence-corrected chi connectivity index (χ3v) is 4.14. The third-order valence-electron chi connectivity index (χ3n) is 4.14. The van der Waals surface area contributed by atoms with Crippen molar-refractivity contribution in [2.45, 2.75) is 13.8 Å². The average molecular weight is 309 g/mol. The maximum atomic E-state index is 12.2. The van der Waals surface area contributed by atoms with Crippen LogP contribution in [0.25, 0.3) is 16.9 Å². The second-order valence-corrected chi connectivity index (χ2v) is 5.56. The SMILES string of the molecule is Cc1cc2ncn(-c3c(C#N)c(=O)n(C)c(=O)n3C)c2cc1C. The highest BCUT2D eigenvalue weighted by atomic mass is 16.2. The molecule has 7 heteroatoms. The molecule has 0 radical (unpaired) electrons. The summed E-state index contributed by atoms with van der Waals surface area (Å²) in [6.07, 6.45) is 1.53. The number of aryl methyl sites for hydroxylation is 2. The summed E-state index contributed by atoms with van der Waals surface area (Å²) in [7, 11) is 2.89. The van der Waals surface area contributed by atoms with Crippen LogP contribution < -0.4 is 11.2 Å². The van der Waals surface area contributed by atoms with E-state index in [1.54, 1.807) is 4.57 Å². The van der Waals surface area contributed by atoms with Gasteiger partial charge in [-0.1, -0.05) is 0 Å². The third kappa shape index (κ3) is 1.99. The van der Waals surface area contributed by atoms with Crippen molar-refractivity contribution in [2.24, 2.45) is 14.1 Å². The van der Waals surface area contributed by atoms with Gasteiger partial charge in [0, 0.05) is 14.1 Å². The van der Waals surface area contributed by atoms with Crippen molar-refractivity contribution in [1.29, 1.82) is 5.26 Å². The van der Waals surface area contributed by atoms with Crippen LogP contribution in [0.1, 0.15) is 16.7 Å². The molecule has 0 atom stereocenters. The molecule has 3 rings (SSSR count). The number of imidazole rings is 1. The summed E-state index contributed by atoms with van der Waals surface area (Å²) in [5.74, 6) is 0.228. The number of rotatable bonds is 1. The lowest BCUT2D eigenvalue weighted by atomic mass is 10.1. The highest BCUT2D eigenvalue weighted by molar-refractivity contribution is 5.79. The van der Waals surface area contributed by atoms with Gasteiger partial charge in [0.2, 0.25) is 0 Å². The molecule has 0 aliphatic carbocycles. The van der Waals surface area contributed by atoms with Crippen molar-refractivity contribution in [1.82, 2.24) is 18.7 Å². The van der Waals surface area contributed by atoms with Crippen LogP contribution in [-0.2, 0) is 14.1 Å². The topological polar surface area (TPSA) is 85.6 Å². The number of nitrogens with zero attached hydrogens (tertiary/aromatic N) is 5. The fourth-order valence-corrected chi connectivity index (χ4v) is 2.65. The zero-order valence-corrected chi connectivity index (χ0v) is 13.3. The first kappa shape index (κ1) is 14.8. The molecule has 0 fully saturated rings. The maximum Gasteiger partial charge on any atom is 0.332 e. The summed E-state index contributed by atoms with van der Waals surface area (Å²) < 4.78 is 3.83. The molecule has 2 heterocycles. The second kappa shape index (κ2) is 4.95. The minimum absolute atomic E-state index is 0.0906. The molecule has 0 N–H and O–H groups in total. The number of benzene rings is 1. The summed E-state index contributed by atoms with van der Waals surface area (Å²) in [6, 6.07) is 5.78. The molecule has 0 bridgehead atoms. The van der Waals surface area contributed by atoms with Crippen molar-refractivity contribution in [3.8, 4) is 11.9 Å². The first-order valence-electron chi connectivity index (χ1n) is 7.01. The first-order chi connectivity index (χ1) is 10.9. The van der Waals surface area contributed by atoms with Gasteiger partial charge in [-0.15, -0.1) is 0 Å². The Morgan fingerprint density at radius 1 is 1.09 bits per heavy atom. The van der Waals surface area contributed by atoms with Crippen LogP contribution in [0.4, 0.5) is 0 Å². The maximum absolute atomic E-state index is 12.2. The monoisotopic (exact) mass is 309 g/mol. The Bertz CT molecular complexity index is 1110. The van der Waals surface area contributed by atoms with E-state index in [4.69, 9.17) is 0 Å². The molecule has 1 aromatic carbocycles. The highest BCUT2D eigenvalue weighted by Gasteiger charge is 2.19. The van der Waals surface area contributed by atoms with E-state index in [1.165, 1.54) is 25.0 Å². The predicted molar refractivity (Wildman–Crippen MR) is 85.7 cm³/mol. The molecular formula is C16H15N5O2. The Morgan fingerprint density at radius 2 is 1.74 bits per heavy atom. The number of aromatic nitrogens is 4. The number of fused-ring (bicyclic) bond motifs is 1. The standard InChI is InChI=1S/C16H15N5O2/c1-9-5-12-13(6-10(9)2)21(8-18-12)14-11(7-17)15(22)20(4)16(23)19(14)3/h5-6,8H,1-4H3. The molecule has 3 aromatic rings. The summed E-state index contributed by atoms with van der Waals surface area (Å²) in [4.78, 5) is 28.8. The predicted octanol–water partition coefficient (Wildman–Crippen LogP) is 0.911. The van der Waals surface area contributed by atoms with E-state index in [-0.39, 0.29) is 11.4 Å². The quantitative estimate of drug-likeness (QED) is 0.668. The Balaban J connectivity index is 2.50. The fraction of sp³-hybridized carbons (Fsp3) is 0.250. The van der Waals surface area contributed by atoms with Crippen LogP contribution in [0, 0.1) is 25.2 Å². The number of hydrogen-bond acceptors (Lipinski definition) is 4. The van der Waals surface area contributed by atoms with E-state index in [2.05, 4.69) is 4.98 Å². The van der Waals surface area contributed by atoms with Crippen molar-refractivity contribution in [3.63, 3.8) is 0 Å². The van der Waals surface area contributed by atoms with Crippen LogP contribution in [0.2, 0.25) is 0 Å². The van der Waals surface area contributed by atoms with Crippen LogP contribution >= 0.6 is 0 Å². The zero-order valence-electron chi connectivity index (χ0n) is 13.3. The highest BCUT2D eigenvalue weighted by Crippen LogP contribution is 2.21. The van der Waals surface area contributed by atoms with E-state index in [1.807, 2.05) is 32.0 Å². The van der Waals surface area contributed by atoms with Crippen molar-refractivity contribution in [3.05, 3.63) is 56.0 Å². The fourth-order valence-electron chi connectivity index (χ4n) is 2.65. The van der Waals surface area contributed by atoms with Gasteiger partial charge in [0.1, 0.15) is 18.2 Å². The van der Waals surface area contributed by atoms with Crippen LogP contribution in [0.15, 0.2) is 28.0 Å². The second-order valence-electron chi connectivity index (χ2n) is 5.56. The molecule has 0 saturated heterocycles. The summed E-state index contributed by atoms with van der Waals surface area (Å²) in [6.45, 7) is 3.96. The summed E-state index contributed by atoms with van der Waals surface area (Å²) >= 11 is 0. The zero-order chi connectivity index (χ0) is 16.9.